The van der Waals surface area contributed by atoms with Crippen molar-refractivity contribution in [3.63, 3.8) is 0 Å². The van der Waals surface area contributed by atoms with Gasteiger partial charge in [0.1, 0.15) is 6.07 Å². The lowest BCUT2D eigenvalue weighted by atomic mass is 10.1. The van der Waals surface area contributed by atoms with Crippen molar-refractivity contribution in [3.8, 4) is 6.07 Å². The van der Waals surface area contributed by atoms with Crippen molar-refractivity contribution in [2.45, 2.75) is 6.92 Å². The van der Waals surface area contributed by atoms with Gasteiger partial charge in [-0.25, -0.2) is 0 Å². The molecule has 1 N–H and O–H groups in total. The van der Waals surface area contributed by atoms with Gasteiger partial charge in [-0.15, -0.1) is 0 Å². The number of H-pyrrole nitrogens is 1. The average Bonchev–Trinajstić information content (AvgIpc) is 2.49. The first-order chi connectivity index (χ1) is 5.83. The largest absolute Gasteiger partial charge is 0.276 e. The number of aromatic nitrogens is 2. The molecule has 0 aliphatic carbocycles. The zero-order valence-electron chi connectivity index (χ0n) is 6.63. The molecular formula is C9H7N3. The maximum atomic E-state index is 8.68. The van der Waals surface area contributed by atoms with Crippen molar-refractivity contribution in [1.82, 2.24) is 10.2 Å². The third-order valence-corrected chi connectivity index (χ3v) is 1.91. The third kappa shape index (κ3) is 0.785. The fourth-order valence-corrected chi connectivity index (χ4v) is 1.27. The Morgan fingerprint density at radius 1 is 1.50 bits per heavy atom. The fraction of sp³-hybridized carbons (Fsp3) is 0.111. The average molecular weight is 157 g/mol. The molecule has 0 saturated carbocycles. The summed E-state index contributed by atoms with van der Waals surface area (Å²) in [6.07, 6.45) is 0. The van der Waals surface area contributed by atoms with Crippen LogP contribution in [-0.4, -0.2) is 10.2 Å². The number of aromatic amines is 1. The Morgan fingerprint density at radius 3 is 3.08 bits per heavy atom. The van der Waals surface area contributed by atoms with Crippen LogP contribution in [-0.2, 0) is 0 Å². The van der Waals surface area contributed by atoms with E-state index < -0.39 is 0 Å². The molecule has 1 aromatic heterocycles. The number of hydrogen-bond acceptors (Lipinski definition) is 2. The van der Waals surface area contributed by atoms with Crippen molar-refractivity contribution in [3.05, 3.63) is 29.5 Å². The third-order valence-electron chi connectivity index (χ3n) is 1.91. The standard InChI is InChI=1S/C9H7N3/c1-6-3-2-4-7-8(5-10)11-12-9(6)7/h2-4H,1H3,(H,11,12). The molecule has 3 heteroatoms. The van der Waals surface area contributed by atoms with E-state index in [1.165, 1.54) is 0 Å². The molecule has 0 spiro atoms. The minimum atomic E-state index is 0.466. The summed E-state index contributed by atoms with van der Waals surface area (Å²) in [6, 6.07) is 7.84. The molecule has 2 rings (SSSR count). The van der Waals surface area contributed by atoms with Crippen LogP contribution in [0.2, 0.25) is 0 Å². The molecule has 3 nitrogen and oxygen atoms in total. The zero-order valence-corrected chi connectivity index (χ0v) is 6.63. The summed E-state index contributed by atoms with van der Waals surface area (Å²) in [6.45, 7) is 1.99. The predicted molar refractivity (Wildman–Crippen MR) is 45.5 cm³/mol. The Kier molecular flexibility index (Phi) is 1.34. The maximum Gasteiger partial charge on any atom is 0.170 e. The molecule has 2 aromatic rings. The second-order valence-corrected chi connectivity index (χ2v) is 2.68. The van der Waals surface area contributed by atoms with Crippen molar-refractivity contribution in [1.29, 1.82) is 5.26 Å². The van der Waals surface area contributed by atoms with Crippen LogP contribution in [0.1, 0.15) is 11.3 Å². The summed E-state index contributed by atoms with van der Waals surface area (Å²) in [4.78, 5) is 0. The highest BCUT2D eigenvalue weighted by atomic mass is 15.1. The molecule has 0 aliphatic rings. The molecule has 1 heterocycles. The van der Waals surface area contributed by atoms with Gasteiger partial charge in [0, 0.05) is 5.39 Å². The number of benzene rings is 1. The van der Waals surface area contributed by atoms with Crippen molar-refractivity contribution < 1.29 is 0 Å². The van der Waals surface area contributed by atoms with E-state index >= 15 is 0 Å². The predicted octanol–water partition coefficient (Wildman–Crippen LogP) is 1.74. The lowest BCUT2D eigenvalue weighted by Gasteiger charge is -1.91. The summed E-state index contributed by atoms with van der Waals surface area (Å²) in [5.41, 5.74) is 2.53. The van der Waals surface area contributed by atoms with Gasteiger partial charge in [0.25, 0.3) is 0 Å². The van der Waals surface area contributed by atoms with Gasteiger partial charge in [-0.2, -0.15) is 10.4 Å². The van der Waals surface area contributed by atoms with Crippen LogP contribution in [0.5, 0.6) is 0 Å². The lowest BCUT2D eigenvalue weighted by molar-refractivity contribution is 1.09. The van der Waals surface area contributed by atoms with Crippen LogP contribution in [0.25, 0.3) is 10.9 Å². The quantitative estimate of drug-likeness (QED) is 0.633. The van der Waals surface area contributed by atoms with Gasteiger partial charge < -0.3 is 0 Å². The van der Waals surface area contributed by atoms with Crippen LogP contribution < -0.4 is 0 Å². The number of rotatable bonds is 0. The number of aryl methyl sites for hydroxylation is 1. The van der Waals surface area contributed by atoms with Crippen LogP contribution >= 0.6 is 0 Å². The van der Waals surface area contributed by atoms with Crippen LogP contribution in [0.4, 0.5) is 0 Å². The van der Waals surface area contributed by atoms with E-state index in [1.807, 2.05) is 31.2 Å². The fourth-order valence-electron chi connectivity index (χ4n) is 1.27. The highest BCUT2D eigenvalue weighted by Crippen LogP contribution is 2.17. The summed E-state index contributed by atoms with van der Waals surface area (Å²) < 4.78 is 0. The molecule has 12 heavy (non-hydrogen) atoms. The maximum absolute atomic E-state index is 8.68. The number of fused-ring (bicyclic) bond motifs is 1. The van der Waals surface area contributed by atoms with E-state index in [1.54, 1.807) is 0 Å². The molecule has 1 aromatic carbocycles. The molecule has 0 fully saturated rings. The van der Waals surface area contributed by atoms with Gasteiger partial charge in [0.05, 0.1) is 5.52 Å². The Bertz CT molecular complexity index is 462. The zero-order chi connectivity index (χ0) is 8.55. The van der Waals surface area contributed by atoms with Gasteiger partial charge in [-0.3, -0.25) is 5.10 Å². The summed E-state index contributed by atoms with van der Waals surface area (Å²) in [5, 5.41) is 16.3. The van der Waals surface area contributed by atoms with Gasteiger partial charge in [0.2, 0.25) is 0 Å². The number of para-hydroxylation sites is 1. The number of nitriles is 1. The topological polar surface area (TPSA) is 52.5 Å². The highest BCUT2D eigenvalue weighted by molar-refractivity contribution is 5.85. The first kappa shape index (κ1) is 6.86. The normalized spacial score (nSPS) is 10.0. The number of hydrogen-bond donors (Lipinski definition) is 1. The van der Waals surface area contributed by atoms with E-state index in [0.29, 0.717) is 5.69 Å². The van der Waals surface area contributed by atoms with Gasteiger partial charge in [0.15, 0.2) is 5.69 Å². The van der Waals surface area contributed by atoms with Crippen molar-refractivity contribution >= 4 is 10.9 Å². The van der Waals surface area contributed by atoms with Crippen LogP contribution in [0.3, 0.4) is 0 Å². The van der Waals surface area contributed by atoms with Gasteiger partial charge in [-0.05, 0) is 18.6 Å². The van der Waals surface area contributed by atoms with Gasteiger partial charge >= 0.3 is 0 Å². The molecule has 58 valence electrons. The van der Waals surface area contributed by atoms with Crippen molar-refractivity contribution in [2.24, 2.45) is 0 Å². The summed E-state index contributed by atoms with van der Waals surface area (Å²) in [5.74, 6) is 0. The highest BCUT2D eigenvalue weighted by Gasteiger charge is 2.04. The molecule has 0 bridgehead atoms. The van der Waals surface area contributed by atoms with Crippen LogP contribution in [0.15, 0.2) is 18.2 Å². The van der Waals surface area contributed by atoms with E-state index in [9.17, 15) is 0 Å². The first-order valence-corrected chi connectivity index (χ1v) is 3.66. The Labute approximate surface area is 69.6 Å². The molecule has 0 amide bonds. The minimum absolute atomic E-state index is 0.466. The molecule has 0 aliphatic heterocycles. The van der Waals surface area contributed by atoms with E-state index in [4.69, 9.17) is 5.26 Å². The Balaban J connectivity index is 2.91. The van der Waals surface area contributed by atoms with E-state index in [-0.39, 0.29) is 0 Å². The minimum Gasteiger partial charge on any atom is -0.276 e. The monoisotopic (exact) mass is 157 g/mol. The van der Waals surface area contributed by atoms with Crippen molar-refractivity contribution in [2.75, 3.05) is 0 Å². The Morgan fingerprint density at radius 2 is 2.33 bits per heavy atom. The SMILES string of the molecule is Cc1cccc2c(C#N)n[nH]c12. The first-order valence-electron chi connectivity index (χ1n) is 3.66. The molecule has 0 unspecified atom stereocenters. The van der Waals surface area contributed by atoms with Gasteiger partial charge in [-0.1, -0.05) is 12.1 Å². The lowest BCUT2D eigenvalue weighted by Crippen LogP contribution is -1.74. The van der Waals surface area contributed by atoms with Crippen LogP contribution in [0, 0.1) is 18.3 Å². The molecule has 0 atom stereocenters. The Hall–Kier alpha value is -1.82. The summed E-state index contributed by atoms with van der Waals surface area (Å²) in [7, 11) is 0. The second-order valence-electron chi connectivity index (χ2n) is 2.68. The number of nitrogens with one attached hydrogen (secondary N) is 1. The molecular weight excluding hydrogens is 150 g/mol. The summed E-state index contributed by atoms with van der Waals surface area (Å²) >= 11 is 0. The van der Waals surface area contributed by atoms with E-state index in [0.717, 1.165) is 16.5 Å². The molecule has 0 saturated heterocycles. The smallest absolute Gasteiger partial charge is 0.170 e. The second kappa shape index (κ2) is 2.35. The molecule has 0 radical (unpaired) electrons. The van der Waals surface area contributed by atoms with E-state index in [2.05, 4.69) is 10.2 Å². The number of nitrogens with zero attached hydrogens (tertiary/aromatic N) is 2.